The maximum absolute atomic E-state index is 13.3. The molecule has 1 amide bonds. The highest BCUT2D eigenvalue weighted by Gasteiger charge is 2.14. The summed E-state index contributed by atoms with van der Waals surface area (Å²) in [5, 5.41) is 8.37. The van der Waals surface area contributed by atoms with E-state index < -0.39 is 0 Å². The van der Waals surface area contributed by atoms with Crippen molar-refractivity contribution in [1.29, 1.82) is 0 Å². The predicted molar refractivity (Wildman–Crippen MR) is 141 cm³/mol. The Kier molecular flexibility index (Phi) is 6.38. The molecule has 3 aromatic heterocycles. The number of amides is 1. The number of aryl methyl sites for hydroxylation is 1. The third-order valence-corrected chi connectivity index (χ3v) is 5.70. The van der Waals surface area contributed by atoms with E-state index in [0.29, 0.717) is 28.1 Å². The van der Waals surface area contributed by atoms with Crippen molar-refractivity contribution in [3.63, 3.8) is 0 Å². The van der Waals surface area contributed by atoms with E-state index in [9.17, 15) is 9.59 Å². The summed E-state index contributed by atoms with van der Waals surface area (Å²) < 4.78 is 1.71. The van der Waals surface area contributed by atoms with Crippen LogP contribution in [0, 0.1) is 6.92 Å². The van der Waals surface area contributed by atoms with Gasteiger partial charge in [0.15, 0.2) is 5.78 Å². The Hall–Kier alpha value is -4.62. The first-order valence-corrected chi connectivity index (χ1v) is 11.5. The molecule has 0 spiro atoms. The van der Waals surface area contributed by atoms with Crippen molar-refractivity contribution in [2.45, 2.75) is 6.92 Å². The van der Waals surface area contributed by atoms with Crippen molar-refractivity contribution >= 4 is 52.2 Å². The van der Waals surface area contributed by atoms with Crippen LogP contribution in [-0.2, 0) is 0 Å². The highest BCUT2D eigenvalue weighted by molar-refractivity contribution is 6.29. The van der Waals surface area contributed by atoms with Gasteiger partial charge in [0.25, 0.3) is 5.91 Å². The average Bonchev–Trinajstić information content (AvgIpc) is 3.29. The number of aromatic nitrogens is 4. The summed E-state index contributed by atoms with van der Waals surface area (Å²) in [5.74, 6) is -0.505. The lowest BCUT2D eigenvalue weighted by Gasteiger charge is -2.08. The van der Waals surface area contributed by atoms with Crippen LogP contribution in [0.5, 0.6) is 0 Å². The van der Waals surface area contributed by atoms with Crippen molar-refractivity contribution in [3.05, 3.63) is 118 Å². The number of ketones is 1. The molecule has 0 atom stereocenters. The largest absolute Gasteiger partial charge is 0.322 e. The smallest absolute Gasteiger partial charge is 0.255 e. The Balaban J connectivity index is 1.39. The lowest BCUT2D eigenvalue weighted by Crippen LogP contribution is -2.13. The van der Waals surface area contributed by atoms with Crippen LogP contribution in [0.15, 0.2) is 85.2 Å². The zero-order valence-corrected chi connectivity index (χ0v) is 20.0. The summed E-state index contributed by atoms with van der Waals surface area (Å²) in [4.78, 5) is 34.3. The van der Waals surface area contributed by atoms with E-state index >= 15 is 0 Å². The number of fused-ring (bicyclic) bond motifs is 1. The molecular weight excluding hydrogens is 474 g/mol. The van der Waals surface area contributed by atoms with Gasteiger partial charge in [-0.25, -0.2) is 9.67 Å². The average molecular weight is 494 g/mol. The minimum Gasteiger partial charge on any atom is -0.322 e. The van der Waals surface area contributed by atoms with E-state index in [1.54, 1.807) is 66.5 Å². The maximum Gasteiger partial charge on any atom is 0.255 e. The fourth-order valence-corrected chi connectivity index (χ4v) is 4.04. The lowest BCUT2D eigenvalue weighted by molar-refractivity contribution is 0.102. The van der Waals surface area contributed by atoms with Gasteiger partial charge in [-0.3, -0.25) is 14.6 Å². The number of nitrogens with zero attached hydrogens (tertiary/aromatic N) is 4. The number of nitrogens with one attached hydrogen (secondary N) is 1. The van der Waals surface area contributed by atoms with Crippen molar-refractivity contribution in [2.75, 3.05) is 5.32 Å². The molecule has 36 heavy (non-hydrogen) atoms. The molecule has 0 fully saturated rings. The van der Waals surface area contributed by atoms with Crippen LogP contribution in [0.3, 0.4) is 0 Å². The van der Waals surface area contributed by atoms with Crippen molar-refractivity contribution in [2.24, 2.45) is 0 Å². The Morgan fingerprint density at radius 3 is 2.61 bits per heavy atom. The highest BCUT2D eigenvalue weighted by Crippen LogP contribution is 2.21. The number of carbonyl (C=O) groups is 2. The standard InChI is InChI=1S/C28H20ClN5O2/c1-18-13-22(16-26(29)32-18)28(36)33-24-7-4-5-19(14-24)27(35)20-8-9-21-17-31-34(25(21)15-20)12-10-23-6-2-3-11-30-23/h2-17H,1H3,(H,33,36). The van der Waals surface area contributed by atoms with Crippen molar-refractivity contribution in [3.8, 4) is 0 Å². The Labute approximate surface area is 212 Å². The van der Waals surface area contributed by atoms with Crippen LogP contribution in [0.2, 0.25) is 5.15 Å². The normalized spacial score (nSPS) is 11.2. The third kappa shape index (κ3) is 5.06. The zero-order chi connectivity index (χ0) is 25.1. The second kappa shape index (κ2) is 9.93. The van der Waals surface area contributed by atoms with Gasteiger partial charge in [-0.15, -0.1) is 0 Å². The third-order valence-electron chi connectivity index (χ3n) is 5.50. The quantitative estimate of drug-likeness (QED) is 0.235. The summed E-state index contributed by atoms with van der Waals surface area (Å²) in [5.41, 5.74) is 4.09. The molecule has 2 aromatic carbocycles. The number of carbonyl (C=O) groups excluding carboxylic acids is 2. The van der Waals surface area contributed by atoms with Crippen molar-refractivity contribution in [1.82, 2.24) is 19.7 Å². The van der Waals surface area contributed by atoms with Gasteiger partial charge in [0, 0.05) is 45.9 Å². The maximum atomic E-state index is 13.3. The molecule has 5 aromatic rings. The first kappa shape index (κ1) is 23.1. The van der Waals surface area contributed by atoms with Crippen LogP contribution in [-0.4, -0.2) is 31.4 Å². The van der Waals surface area contributed by atoms with Gasteiger partial charge in [-0.1, -0.05) is 41.9 Å². The van der Waals surface area contributed by atoms with E-state index in [1.165, 1.54) is 6.07 Å². The van der Waals surface area contributed by atoms with Crippen LogP contribution in [0.4, 0.5) is 5.69 Å². The predicted octanol–water partition coefficient (Wildman–Crippen LogP) is 5.90. The fraction of sp³-hybridized carbons (Fsp3) is 0.0357. The van der Waals surface area contributed by atoms with Crippen LogP contribution in [0.1, 0.15) is 37.7 Å². The summed E-state index contributed by atoms with van der Waals surface area (Å²) in [6.45, 7) is 1.76. The first-order chi connectivity index (χ1) is 17.5. The van der Waals surface area contributed by atoms with Crippen LogP contribution < -0.4 is 5.32 Å². The van der Waals surface area contributed by atoms with Gasteiger partial charge in [-0.05, 0) is 55.5 Å². The van der Waals surface area contributed by atoms with Gasteiger partial charge in [0.1, 0.15) is 5.15 Å². The number of rotatable bonds is 6. The molecule has 0 saturated heterocycles. The second-order valence-corrected chi connectivity index (χ2v) is 8.50. The molecule has 0 unspecified atom stereocenters. The van der Waals surface area contributed by atoms with E-state index in [0.717, 1.165) is 16.6 Å². The molecule has 5 rings (SSSR count). The number of hydrogen-bond donors (Lipinski definition) is 1. The van der Waals surface area contributed by atoms with Gasteiger partial charge in [0.2, 0.25) is 0 Å². The molecule has 3 heterocycles. The molecule has 0 saturated carbocycles. The molecule has 0 aliphatic rings. The van der Waals surface area contributed by atoms with Crippen LogP contribution in [0.25, 0.3) is 23.2 Å². The molecule has 1 N–H and O–H groups in total. The molecule has 7 nitrogen and oxygen atoms in total. The summed E-state index contributed by atoms with van der Waals surface area (Å²) >= 11 is 5.98. The number of benzene rings is 2. The topological polar surface area (TPSA) is 89.8 Å². The minimum absolute atomic E-state index is 0.169. The molecule has 8 heteroatoms. The van der Waals surface area contributed by atoms with E-state index in [-0.39, 0.29) is 16.8 Å². The van der Waals surface area contributed by atoms with Crippen LogP contribution >= 0.6 is 11.6 Å². The number of hydrogen-bond acceptors (Lipinski definition) is 5. The Morgan fingerprint density at radius 2 is 1.81 bits per heavy atom. The summed E-state index contributed by atoms with van der Waals surface area (Å²) in [6, 6.07) is 21.1. The van der Waals surface area contributed by atoms with Gasteiger partial charge in [-0.2, -0.15) is 5.10 Å². The molecule has 0 radical (unpaired) electrons. The highest BCUT2D eigenvalue weighted by atomic mass is 35.5. The minimum atomic E-state index is -0.336. The Bertz CT molecular complexity index is 1610. The molecule has 0 aliphatic heterocycles. The second-order valence-electron chi connectivity index (χ2n) is 8.12. The number of pyridine rings is 2. The van der Waals surface area contributed by atoms with Gasteiger partial charge in [0.05, 0.1) is 17.4 Å². The monoisotopic (exact) mass is 493 g/mol. The molecule has 176 valence electrons. The fourth-order valence-electron chi connectivity index (χ4n) is 3.79. The van der Waals surface area contributed by atoms with E-state index in [4.69, 9.17) is 11.6 Å². The zero-order valence-electron chi connectivity index (χ0n) is 19.2. The van der Waals surface area contributed by atoms with Gasteiger partial charge < -0.3 is 5.32 Å². The molecule has 0 bridgehead atoms. The lowest BCUT2D eigenvalue weighted by atomic mass is 10.0. The van der Waals surface area contributed by atoms with Gasteiger partial charge >= 0.3 is 0 Å². The summed E-state index contributed by atoms with van der Waals surface area (Å²) in [7, 11) is 0. The number of halogens is 1. The first-order valence-electron chi connectivity index (χ1n) is 11.1. The number of anilines is 1. The van der Waals surface area contributed by atoms with Crippen molar-refractivity contribution < 1.29 is 9.59 Å². The molecular formula is C28H20ClN5O2. The van der Waals surface area contributed by atoms with E-state index in [2.05, 4.69) is 20.4 Å². The van der Waals surface area contributed by atoms with E-state index in [1.807, 2.05) is 36.5 Å². The SMILES string of the molecule is Cc1cc(C(=O)Nc2cccc(C(=O)c3ccc4cnn(C=Cc5ccccn5)c4c3)c2)cc(Cl)n1. The Morgan fingerprint density at radius 1 is 0.944 bits per heavy atom. The molecule has 0 aliphatic carbocycles. The summed E-state index contributed by atoms with van der Waals surface area (Å²) in [6.07, 6.45) is 7.13.